The Balaban J connectivity index is 0.000000534. The SMILES string of the molecule is CC(C)(C)[S@@](=O)N=Cc1ccnc(Br)c1.CC(C)(C)[S@](N)=O. The first-order chi connectivity index (χ1) is 9.84. The molecule has 0 fully saturated rings. The van der Waals surface area contributed by atoms with Crippen molar-refractivity contribution in [2.75, 3.05) is 0 Å². The third-order valence-electron chi connectivity index (χ3n) is 2.18. The Morgan fingerprint density at radius 1 is 1.18 bits per heavy atom. The Labute approximate surface area is 146 Å². The summed E-state index contributed by atoms with van der Waals surface area (Å²) in [6.07, 6.45) is 3.28. The summed E-state index contributed by atoms with van der Waals surface area (Å²) >= 11 is 3.26. The minimum atomic E-state index is -1.21. The first-order valence-electron chi connectivity index (χ1n) is 6.58. The molecule has 0 radical (unpaired) electrons. The summed E-state index contributed by atoms with van der Waals surface area (Å²) < 4.78 is 26.1. The van der Waals surface area contributed by atoms with Gasteiger partial charge in [0.15, 0.2) is 0 Å². The van der Waals surface area contributed by atoms with Crippen molar-refractivity contribution in [3.63, 3.8) is 0 Å². The Hall–Kier alpha value is -0.440. The van der Waals surface area contributed by atoms with E-state index in [-0.39, 0.29) is 9.49 Å². The van der Waals surface area contributed by atoms with E-state index in [1.54, 1.807) is 12.4 Å². The third-order valence-corrected chi connectivity index (χ3v) is 5.16. The number of halogens is 1. The molecule has 0 aliphatic rings. The summed E-state index contributed by atoms with van der Waals surface area (Å²) in [4.78, 5) is 3.99. The predicted octanol–water partition coefficient (Wildman–Crippen LogP) is 3.13. The molecular weight excluding hydrogens is 386 g/mol. The number of nitrogens with zero attached hydrogens (tertiary/aromatic N) is 2. The van der Waals surface area contributed by atoms with Crippen LogP contribution in [0.15, 0.2) is 27.3 Å². The van der Waals surface area contributed by atoms with E-state index in [0.717, 1.165) is 10.2 Å². The van der Waals surface area contributed by atoms with Crippen molar-refractivity contribution in [2.24, 2.45) is 9.54 Å². The Morgan fingerprint density at radius 2 is 1.68 bits per heavy atom. The average Bonchev–Trinajstić information content (AvgIpc) is 2.34. The van der Waals surface area contributed by atoms with E-state index >= 15 is 0 Å². The molecule has 1 rings (SSSR count). The zero-order chi connectivity index (χ0) is 17.6. The molecule has 0 spiro atoms. The maximum atomic E-state index is 11.6. The molecule has 1 aromatic rings. The lowest BCUT2D eigenvalue weighted by Crippen LogP contribution is -2.27. The number of pyridine rings is 1. The minimum Gasteiger partial charge on any atom is -0.251 e. The largest absolute Gasteiger partial charge is 0.251 e. The van der Waals surface area contributed by atoms with Gasteiger partial charge in [-0.05, 0) is 75.2 Å². The highest BCUT2D eigenvalue weighted by atomic mass is 79.9. The molecule has 1 heterocycles. The highest BCUT2D eigenvalue weighted by molar-refractivity contribution is 9.10. The van der Waals surface area contributed by atoms with E-state index in [1.807, 2.05) is 53.7 Å². The Kier molecular flexibility index (Phi) is 8.82. The number of aromatic nitrogens is 1. The molecule has 2 atom stereocenters. The first-order valence-corrected chi connectivity index (χ1v) is 9.69. The zero-order valence-electron chi connectivity index (χ0n) is 13.8. The van der Waals surface area contributed by atoms with Crippen molar-refractivity contribution >= 4 is 44.1 Å². The fraction of sp³-hybridized carbons (Fsp3) is 0.571. The normalized spacial score (nSPS) is 15.1. The standard InChI is InChI=1S/C10H13BrN2OS.C4H11NOS/c1-10(2,3)15(14)13-7-8-4-5-12-9(11)6-8;1-4(2,3)7(5)6/h4-7H,1-3H3;5H2,1-3H3/t15-;7-/m11/s1. The van der Waals surface area contributed by atoms with Gasteiger partial charge < -0.3 is 0 Å². The summed E-state index contributed by atoms with van der Waals surface area (Å²) in [5.41, 5.74) is 0.884. The van der Waals surface area contributed by atoms with E-state index in [4.69, 9.17) is 5.14 Å². The monoisotopic (exact) mass is 409 g/mol. The van der Waals surface area contributed by atoms with Crippen LogP contribution in [0, 0.1) is 0 Å². The average molecular weight is 410 g/mol. The molecule has 0 amide bonds. The van der Waals surface area contributed by atoms with E-state index in [0.29, 0.717) is 0 Å². The quantitative estimate of drug-likeness (QED) is 0.600. The second-order valence-corrected chi connectivity index (χ2v) is 11.0. The van der Waals surface area contributed by atoms with Gasteiger partial charge in [0, 0.05) is 12.4 Å². The molecule has 0 unspecified atom stereocenters. The van der Waals surface area contributed by atoms with Gasteiger partial charge in [-0.1, -0.05) is 0 Å². The van der Waals surface area contributed by atoms with Gasteiger partial charge >= 0.3 is 0 Å². The fourth-order valence-electron chi connectivity index (χ4n) is 0.765. The lowest BCUT2D eigenvalue weighted by molar-refractivity contribution is 0.650. The van der Waals surface area contributed by atoms with Gasteiger partial charge in [-0.25, -0.2) is 13.4 Å². The lowest BCUT2D eigenvalue weighted by atomic mass is 10.3. The van der Waals surface area contributed by atoms with Crippen molar-refractivity contribution in [3.8, 4) is 0 Å². The predicted molar refractivity (Wildman–Crippen MR) is 99.5 cm³/mol. The number of rotatable bonds is 2. The maximum absolute atomic E-state index is 11.6. The van der Waals surface area contributed by atoms with E-state index in [2.05, 4.69) is 25.3 Å². The second-order valence-electron chi connectivity index (χ2n) is 6.42. The summed E-state index contributed by atoms with van der Waals surface area (Å²) in [5.74, 6) is 0. The molecule has 8 heteroatoms. The molecule has 0 aromatic carbocycles. The van der Waals surface area contributed by atoms with Crippen molar-refractivity contribution < 1.29 is 8.42 Å². The van der Waals surface area contributed by atoms with Crippen LogP contribution in [0.5, 0.6) is 0 Å². The van der Waals surface area contributed by atoms with Gasteiger partial charge in [-0.15, -0.1) is 0 Å². The molecule has 5 nitrogen and oxygen atoms in total. The van der Waals surface area contributed by atoms with Crippen LogP contribution in [-0.2, 0) is 22.0 Å². The van der Waals surface area contributed by atoms with E-state index < -0.39 is 22.0 Å². The topological polar surface area (TPSA) is 85.4 Å². The first kappa shape index (κ1) is 21.6. The molecule has 0 saturated carbocycles. The molecule has 2 N–H and O–H groups in total. The lowest BCUT2D eigenvalue weighted by Gasteiger charge is -2.12. The van der Waals surface area contributed by atoms with Gasteiger partial charge in [-0.3, -0.25) is 5.14 Å². The van der Waals surface area contributed by atoms with Gasteiger partial charge in [0.2, 0.25) is 0 Å². The molecule has 0 aliphatic carbocycles. The van der Waals surface area contributed by atoms with Crippen LogP contribution in [0.4, 0.5) is 0 Å². The van der Waals surface area contributed by atoms with E-state index in [1.165, 1.54) is 0 Å². The third kappa shape index (κ3) is 9.55. The smallest absolute Gasteiger partial charge is 0.144 e. The van der Waals surface area contributed by atoms with Crippen molar-refractivity contribution in [1.82, 2.24) is 4.98 Å². The van der Waals surface area contributed by atoms with Gasteiger partial charge in [0.25, 0.3) is 0 Å². The Bertz CT molecular complexity index is 564. The maximum Gasteiger partial charge on any atom is 0.144 e. The highest BCUT2D eigenvalue weighted by Crippen LogP contribution is 2.12. The van der Waals surface area contributed by atoms with Crippen LogP contribution in [0.3, 0.4) is 0 Å². The van der Waals surface area contributed by atoms with Gasteiger partial charge in [0.05, 0.1) is 20.5 Å². The number of hydrogen-bond donors (Lipinski definition) is 1. The zero-order valence-corrected chi connectivity index (χ0v) is 17.0. The van der Waals surface area contributed by atoms with Crippen LogP contribution < -0.4 is 5.14 Å². The van der Waals surface area contributed by atoms with Gasteiger partial charge in [-0.2, -0.15) is 4.40 Å². The van der Waals surface area contributed by atoms with Crippen molar-refractivity contribution in [2.45, 2.75) is 51.0 Å². The minimum absolute atomic E-state index is 0.250. The summed E-state index contributed by atoms with van der Waals surface area (Å²) in [6.45, 7) is 11.2. The molecular formula is C14H24BrN3O2S2. The highest BCUT2D eigenvalue weighted by Gasteiger charge is 2.18. The molecule has 126 valence electrons. The molecule has 0 bridgehead atoms. The van der Waals surface area contributed by atoms with E-state index in [9.17, 15) is 8.42 Å². The fourth-order valence-corrected chi connectivity index (χ4v) is 1.68. The number of nitrogens with two attached hydrogens (primary N) is 1. The van der Waals surface area contributed by atoms with Crippen molar-refractivity contribution in [3.05, 3.63) is 28.5 Å². The van der Waals surface area contributed by atoms with Gasteiger partial charge in [0.1, 0.15) is 15.6 Å². The van der Waals surface area contributed by atoms with Crippen LogP contribution in [0.25, 0.3) is 0 Å². The van der Waals surface area contributed by atoms with Crippen LogP contribution in [0.2, 0.25) is 0 Å². The van der Waals surface area contributed by atoms with Crippen LogP contribution in [-0.4, -0.2) is 29.1 Å². The summed E-state index contributed by atoms with van der Waals surface area (Å²) in [7, 11) is -2.39. The summed E-state index contributed by atoms with van der Waals surface area (Å²) in [6, 6.07) is 3.64. The van der Waals surface area contributed by atoms with Crippen LogP contribution in [0.1, 0.15) is 47.1 Å². The Morgan fingerprint density at radius 3 is 2.05 bits per heavy atom. The second kappa shape index (κ2) is 9.00. The molecule has 0 saturated heterocycles. The van der Waals surface area contributed by atoms with Crippen LogP contribution >= 0.6 is 15.9 Å². The number of hydrogen-bond acceptors (Lipinski definition) is 3. The molecule has 22 heavy (non-hydrogen) atoms. The molecule has 1 aromatic heterocycles. The summed E-state index contributed by atoms with van der Waals surface area (Å²) in [5, 5.41) is 5.04. The van der Waals surface area contributed by atoms with Crippen molar-refractivity contribution in [1.29, 1.82) is 0 Å². The molecule has 0 aliphatic heterocycles.